The first-order chi connectivity index (χ1) is 11.9. The number of piperidine rings is 1. The molecule has 0 spiro atoms. The van der Waals surface area contributed by atoms with Gasteiger partial charge in [0.25, 0.3) is 0 Å². The fourth-order valence-corrected chi connectivity index (χ4v) is 3.83. The Morgan fingerprint density at radius 1 is 1.44 bits per heavy atom. The summed E-state index contributed by atoms with van der Waals surface area (Å²) in [6.45, 7) is 10.3. The number of carbonyl (C=O) groups is 1. The van der Waals surface area contributed by atoms with Crippen molar-refractivity contribution in [3.63, 3.8) is 0 Å². The van der Waals surface area contributed by atoms with Gasteiger partial charge in [-0.05, 0) is 31.2 Å². The number of guanidine groups is 1. The van der Waals surface area contributed by atoms with Crippen molar-refractivity contribution in [3.05, 3.63) is 22.4 Å². The summed E-state index contributed by atoms with van der Waals surface area (Å²) in [6, 6.07) is 4.65. The molecule has 0 aromatic carbocycles. The first kappa shape index (κ1) is 19.7. The lowest BCUT2D eigenvalue weighted by Crippen LogP contribution is -2.50. The summed E-state index contributed by atoms with van der Waals surface area (Å²) in [5.41, 5.74) is 5.30. The van der Waals surface area contributed by atoms with Crippen LogP contribution in [-0.4, -0.2) is 55.5 Å². The molecular formula is C18H31N5OS. The number of amides is 1. The van der Waals surface area contributed by atoms with Crippen LogP contribution in [0.2, 0.25) is 0 Å². The summed E-state index contributed by atoms with van der Waals surface area (Å²) in [5.74, 6) is 0.623. The van der Waals surface area contributed by atoms with Gasteiger partial charge in [0.1, 0.15) is 0 Å². The third-order valence-corrected chi connectivity index (χ3v) is 5.71. The molecule has 0 saturated carbocycles. The molecule has 0 unspecified atom stereocenters. The Morgan fingerprint density at radius 3 is 2.72 bits per heavy atom. The molecule has 1 aromatic heterocycles. The molecule has 140 valence electrons. The van der Waals surface area contributed by atoms with Crippen molar-refractivity contribution >= 4 is 23.2 Å². The van der Waals surface area contributed by atoms with E-state index in [4.69, 9.17) is 10.7 Å². The minimum Gasteiger partial charge on any atom is -0.369 e. The highest BCUT2D eigenvalue weighted by Gasteiger charge is 2.23. The highest BCUT2D eigenvalue weighted by atomic mass is 32.1. The van der Waals surface area contributed by atoms with Gasteiger partial charge < -0.3 is 16.4 Å². The van der Waals surface area contributed by atoms with E-state index in [9.17, 15) is 4.79 Å². The third kappa shape index (κ3) is 6.32. The summed E-state index contributed by atoms with van der Waals surface area (Å²) in [5, 5.41) is 9.01. The van der Waals surface area contributed by atoms with Crippen LogP contribution in [0.5, 0.6) is 0 Å². The van der Waals surface area contributed by atoms with Gasteiger partial charge >= 0.3 is 0 Å². The van der Waals surface area contributed by atoms with E-state index in [1.54, 1.807) is 11.3 Å². The number of aliphatic imine (C=N–C) groups is 1. The molecule has 1 aliphatic rings. The Hall–Kier alpha value is -1.60. The molecule has 0 aliphatic carbocycles. The van der Waals surface area contributed by atoms with Crippen LogP contribution in [0.3, 0.4) is 0 Å². The Balaban J connectivity index is 1.89. The largest absolute Gasteiger partial charge is 0.369 e. The molecule has 1 aromatic rings. The van der Waals surface area contributed by atoms with E-state index in [1.165, 1.54) is 4.88 Å². The first-order valence-corrected chi connectivity index (χ1v) is 9.88. The number of thiophene rings is 1. The second kappa shape index (κ2) is 9.20. The fourth-order valence-electron chi connectivity index (χ4n) is 2.99. The van der Waals surface area contributed by atoms with Gasteiger partial charge in [0.2, 0.25) is 5.91 Å². The molecule has 1 amide bonds. The van der Waals surface area contributed by atoms with E-state index >= 15 is 0 Å². The molecular weight excluding hydrogens is 334 g/mol. The minimum absolute atomic E-state index is 0.0291. The predicted molar refractivity (Wildman–Crippen MR) is 105 cm³/mol. The summed E-state index contributed by atoms with van der Waals surface area (Å²) < 4.78 is 0. The number of rotatable bonds is 7. The molecule has 1 saturated heterocycles. The fraction of sp³-hybridized carbons (Fsp3) is 0.667. The van der Waals surface area contributed by atoms with Gasteiger partial charge in [0.15, 0.2) is 5.96 Å². The minimum atomic E-state index is -0.253. The normalized spacial score (nSPS) is 17.5. The molecule has 25 heavy (non-hydrogen) atoms. The van der Waals surface area contributed by atoms with Crippen LogP contribution < -0.4 is 16.4 Å². The van der Waals surface area contributed by atoms with Crippen LogP contribution in [0.15, 0.2) is 22.5 Å². The second-order valence-corrected chi connectivity index (χ2v) is 8.17. The van der Waals surface area contributed by atoms with Crippen molar-refractivity contribution in [2.45, 2.75) is 45.1 Å². The van der Waals surface area contributed by atoms with E-state index in [1.807, 2.05) is 0 Å². The number of nitrogens with one attached hydrogen (secondary N) is 2. The van der Waals surface area contributed by atoms with Crippen LogP contribution in [0.25, 0.3) is 0 Å². The number of primary amides is 1. The molecule has 2 rings (SSSR count). The van der Waals surface area contributed by atoms with E-state index in [-0.39, 0.29) is 11.3 Å². The number of hydrogen-bond acceptors (Lipinski definition) is 4. The molecule has 1 fully saturated rings. The summed E-state index contributed by atoms with van der Waals surface area (Å²) in [7, 11) is 0. The topological polar surface area (TPSA) is 82.8 Å². The maximum absolute atomic E-state index is 11.0. The van der Waals surface area contributed by atoms with Crippen molar-refractivity contribution in [2.24, 2.45) is 10.7 Å². The molecule has 0 atom stereocenters. The molecule has 1 aliphatic heterocycles. The van der Waals surface area contributed by atoms with E-state index in [2.05, 4.69) is 53.8 Å². The standard InChI is InChI=1S/C18H31N5OS/c1-4-20-17(21-13-18(2,3)15-6-5-11-25-15)22-14-7-9-23(10-8-14)12-16(19)24/h5-6,11,14H,4,7-10,12-13H2,1-3H3,(H2,19,24)(H2,20,21,22). The smallest absolute Gasteiger partial charge is 0.231 e. The van der Waals surface area contributed by atoms with Crippen molar-refractivity contribution < 1.29 is 4.79 Å². The van der Waals surface area contributed by atoms with Crippen LogP contribution >= 0.6 is 11.3 Å². The van der Waals surface area contributed by atoms with Gasteiger partial charge in [0.05, 0.1) is 13.1 Å². The number of hydrogen-bond donors (Lipinski definition) is 3. The van der Waals surface area contributed by atoms with Gasteiger partial charge in [-0.2, -0.15) is 0 Å². The lowest BCUT2D eigenvalue weighted by molar-refractivity contribution is -0.119. The van der Waals surface area contributed by atoms with Gasteiger partial charge in [-0.3, -0.25) is 14.7 Å². The van der Waals surface area contributed by atoms with Crippen molar-refractivity contribution in [3.8, 4) is 0 Å². The van der Waals surface area contributed by atoms with Gasteiger partial charge in [0, 0.05) is 36.0 Å². The third-order valence-electron chi connectivity index (χ3n) is 4.47. The number of likely N-dealkylation sites (tertiary alicyclic amines) is 1. The Labute approximate surface area is 154 Å². The number of nitrogens with two attached hydrogens (primary N) is 1. The van der Waals surface area contributed by atoms with Crippen molar-refractivity contribution in [1.29, 1.82) is 0 Å². The van der Waals surface area contributed by atoms with Crippen LogP contribution in [0.4, 0.5) is 0 Å². The summed E-state index contributed by atoms with van der Waals surface area (Å²) >= 11 is 1.78. The zero-order valence-corrected chi connectivity index (χ0v) is 16.4. The Kier molecular flexibility index (Phi) is 7.25. The molecule has 2 heterocycles. The highest BCUT2D eigenvalue weighted by molar-refractivity contribution is 7.10. The lowest BCUT2D eigenvalue weighted by atomic mass is 9.92. The Bertz CT molecular complexity index is 562. The molecule has 7 heteroatoms. The maximum atomic E-state index is 11.0. The Morgan fingerprint density at radius 2 is 2.16 bits per heavy atom. The number of nitrogens with zero attached hydrogens (tertiary/aromatic N) is 2. The predicted octanol–water partition coefficient (Wildman–Crippen LogP) is 1.53. The van der Waals surface area contributed by atoms with E-state index in [0.29, 0.717) is 12.6 Å². The van der Waals surface area contributed by atoms with Crippen molar-refractivity contribution in [2.75, 3.05) is 32.7 Å². The zero-order valence-electron chi connectivity index (χ0n) is 15.5. The van der Waals surface area contributed by atoms with Crippen LogP contribution in [-0.2, 0) is 10.2 Å². The van der Waals surface area contributed by atoms with E-state index < -0.39 is 0 Å². The molecule has 6 nitrogen and oxygen atoms in total. The molecule has 4 N–H and O–H groups in total. The SMILES string of the molecule is CCNC(=NCC(C)(C)c1cccs1)NC1CCN(CC(N)=O)CC1. The van der Waals surface area contributed by atoms with Crippen molar-refractivity contribution in [1.82, 2.24) is 15.5 Å². The lowest BCUT2D eigenvalue weighted by Gasteiger charge is -2.32. The molecule has 0 bridgehead atoms. The van der Waals surface area contributed by atoms with Gasteiger partial charge in [-0.15, -0.1) is 11.3 Å². The summed E-state index contributed by atoms with van der Waals surface area (Å²) in [6.07, 6.45) is 1.98. The molecule has 0 radical (unpaired) electrons. The maximum Gasteiger partial charge on any atom is 0.231 e. The van der Waals surface area contributed by atoms with Crippen LogP contribution in [0.1, 0.15) is 38.5 Å². The van der Waals surface area contributed by atoms with Gasteiger partial charge in [-0.25, -0.2) is 0 Å². The quantitative estimate of drug-likeness (QED) is 0.505. The first-order valence-electron chi connectivity index (χ1n) is 9.00. The highest BCUT2D eigenvalue weighted by Crippen LogP contribution is 2.27. The average Bonchev–Trinajstić information content (AvgIpc) is 3.10. The second-order valence-electron chi connectivity index (χ2n) is 7.22. The van der Waals surface area contributed by atoms with E-state index in [0.717, 1.165) is 45.0 Å². The average molecular weight is 366 g/mol. The van der Waals surface area contributed by atoms with Gasteiger partial charge in [-0.1, -0.05) is 19.9 Å². The number of carbonyl (C=O) groups excluding carboxylic acids is 1. The monoisotopic (exact) mass is 365 g/mol. The summed E-state index contributed by atoms with van der Waals surface area (Å²) in [4.78, 5) is 19.3. The van der Waals surface area contributed by atoms with Crippen LogP contribution in [0, 0.1) is 0 Å². The zero-order chi connectivity index (χ0) is 18.3.